The minimum atomic E-state index is -2.92. The molecule has 2 N–H and O–H groups in total. The zero-order valence-electron chi connectivity index (χ0n) is 15.1. The first kappa shape index (κ1) is 19.2. The quantitative estimate of drug-likeness (QED) is 0.766. The molecule has 1 aliphatic heterocycles. The van der Waals surface area contributed by atoms with Crippen molar-refractivity contribution in [2.75, 3.05) is 31.8 Å². The van der Waals surface area contributed by atoms with Crippen LogP contribution >= 0.6 is 0 Å². The van der Waals surface area contributed by atoms with E-state index in [-0.39, 0.29) is 17.5 Å². The van der Waals surface area contributed by atoms with E-state index in [1.165, 1.54) is 10.5 Å². The maximum absolute atomic E-state index is 11.8. The molecule has 2 rings (SSSR count). The molecule has 0 bridgehead atoms. The summed E-state index contributed by atoms with van der Waals surface area (Å²) in [5.74, 6) is 1.19. The van der Waals surface area contributed by atoms with Gasteiger partial charge in [0.1, 0.15) is 30.6 Å². The molecule has 0 radical (unpaired) electrons. The number of phenols is 1. The van der Waals surface area contributed by atoms with Gasteiger partial charge in [0.05, 0.1) is 12.4 Å². The van der Waals surface area contributed by atoms with Crippen LogP contribution in [0, 0.1) is 6.92 Å². The molecule has 1 aromatic carbocycles. The smallest absolute Gasteiger partial charge is 0.156 e. The van der Waals surface area contributed by atoms with Gasteiger partial charge in [-0.3, -0.25) is 0 Å². The molecule has 5 nitrogen and oxygen atoms in total. The average molecular weight is 357 g/mol. The van der Waals surface area contributed by atoms with Crippen molar-refractivity contribution in [3.8, 4) is 5.75 Å². The summed E-state index contributed by atoms with van der Waals surface area (Å²) in [5.41, 5.74) is 3.21. The lowest BCUT2D eigenvalue weighted by molar-refractivity contribution is -0.936. The van der Waals surface area contributed by atoms with Crippen LogP contribution in [-0.2, 0) is 21.1 Å². The number of quaternary nitrogens is 1. The van der Waals surface area contributed by atoms with Gasteiger partial charge in [-0.05, 0) is 36.1 Å². The van der Waals surface area contributed by atoms with E-state index in [0.717, 1.165) is 17.7 Å². The van der Waals surface area contributed by atoms with Gasteiger partial charge in [0.2, 0.25) is 0 Å². The molecule has 2 atom stereocenters. The Balaban J connectivity index is 2.24. The Morgan fingerprint density at radius 1 is 1.38 bits per heavy atom. The second-order valence-electron chi connectivity index (χ2n) is 7.17. The summed E-state index contributed by atoms with van der Waals surface area (Å²) in [4.78, 5) is 1.17. The van der Waals surface area contributed by atoms with Crippen molar-refractivity contribution < 1.29 is 23.2 Å². The summed E-state index contributed by atoms with van der Waals surface area (Å²) >= 11 is 0. The van der Waals surface area contributed by atoms with E-state index in [1.54, 1.807) is 7.11 Å². The standard InChI is InChI=1S/C18H29NO4S/c1-13(2)17-10-15(18(20)9-14(17)3)11-19(6-7-23-4)16-5-8-24(21,22)12-16/h9-10,13,16,20H,5-8,11-12H2,1-4H3/p+1/t16-/m1/s1. The third-order valence-corrected chi connectivity index (χ3v) is 6.71. The van der Waals surface area contributed by atoms with Gasteiger partial charge in [-0.2, -0.15) is 0 Å². The van der Waals surface area contributed by atoms with Gasteiger partial charge in [0.25, 0.3) is 0 Å². The first-order valence-corrected chi connectivity index (χ1v) is 10.4. The van der Waals surface area contributed by atoms with Crippen molar-refractivity contribution in [2.24, 2.45) is 0 Å². The number of hydrogen-bond acceptors (Lipinski definition) is 4. The minimum Gasteiger partial charge on any atom is -0.507 e. The number of benzene rings is 1. The molecule has 1 aromatic rings. The van der Waals surface area contributed by atoms with Crippen molar-refractivity contribution in [3.05, 3.63) is 28.8 Å². The molecule has 6 heteroatoms. The van der Waals surface area contributed by atoms with Crippen LogP contribution in [0.5, 0.6) is 5.75 Å². The third kappa shape index (κ3) is 4.71. The van der Waals surface area contributed by atoms with Crippen LogP contribution in [0.4, 0.5) is 0 Å². The molecule has 1 saturated heterocycles. The molecule has 0 aliphatic carbocycles. The fourth-order valence-corrected chi connectivity index (χ4v) is 5.38. The largest absolute Gasteiger partial charge is 0.507 e. The molecule has 1 fully saturated rings. The van der Waals surface area contributed by atoms with Crippen LogP contribution in [-0.4, -0.2) is 51.3 Å². The second kappa shape index (κ2) is 7.85. The summed E-state index contributed by atoms with van der Waals surface area (Å²) < 4.78 is 28.9. The van der Waals surface area contributed by atoms with Crippen molar-refractivity contribution >= 4 is 9.84 Å². The zero-order chi connectivity index (χ0) is 17.9. The molecular formula is C18H30NO4S+. The fourth-order valence-electron chi connectivity index (χ4n) is 3.55. The highest BCUT2D eigenvalue weighted by Gasteiger charge is 2.35. The lowest BCUT2D eigenvalue weighted by atomic mass is 9.95. The van der Waals surface area contributed by atoms with Crippen LogP contribution in [0.25, 0.3) is 0 Å². The third-order valence-electron chi connectivity index (χ3n) is 4.94. The number of aromatic hydroxyl groups is 1. The first-order chi connectivity index (χ1) is 11.2. The van der Waals surface area contributed by atoms with Crippen molar-refractivity contribution in [1.29, 1.82) is 0 Å². The highest BCUT2D eigenvalue weighted by atomic mass is 32.2. The highest BCUT2D eigenvalue weighted by molar-refractivity contribution is 7.91. The lowest BCUT2D eigenvalue weighted by Gasteiger charge is -2.26. The number of methoxy groups -OCH3 is 1. The number of phenolic OH excluding ortho intramolecular Hbond substituents is 1. The molecule has 1 aliphatic rings. The number of ether oxygens (including phenoxy) is 1. The van der Waals surface area contributed by atoms with E-state index >= 15 is 0 Å². The minimum absolute atomic E-state index is 0.0772. The van der Waals surface area contributed by atoms with Crippen molar-refractivity contribution in [1.82, 2.24) is 0 Å². The first-order valence-electron chi connectivity index (χ1n) is 8.60. The van der Waals surface area contributed by atoms with Gasteiger partial charge >= 0.3 is 0 Å². The Kier molecular flexibility index (Phi) is 6.28. The average Bonchev–Trinajstić information content (AvgIpc) is 2.85. The summed E-state index contributed by atoms with van der Waals surface area (Å²) in [6, 6.07) is 3.98. The van der Waals surface area contributed by atoms with E-state index in [1.807, 2.05) is 13.0 Å². The highest BCUT2D eigenvalue weighted by Crippen LogP contribution is 2.27. The maximum Gasteiger partial charge on any atom is 0.156 e. The van der Waals surface area contributed by atoms with E-state index in [0.29, 0.717) is 31.2 Å². The Hall–Kier alpha value is -1.11. The Labute approximate surface area is 145 Å². The maximum atomic E-state index is 11.8. The van der Waals surface area contributed by atoms with E-state index in [2.05, 4.69) is 19.9 Å². The molecule has 0 saturated carbocycles. The second-order valence-corrected chi connectivity index (χ2v) is 9.40. The zero-order valence-corrected chi connectivity index (χ0v) is 15.9. The number of aryl methyl sites for hydroxylation is 1. The van der Waals surface area contributed by atoms with Crippen LogP contribution in [0.3, 0.4) is 0 Å². The number of hydrogen-bond donors (Lipinski definition) is 2. The van der Waals surface area contributed by atoms with Crippen molar-refractivity contribution in [2.45, 2.75) is 45.7 Å². The van der Waals surface area contributed by atoms with Gasteiger partial charge in [-0.25, -0.2) is 8.42 Å². The number of sulfone groups is 1. The van der Waals surface area contributed by atoms with Crippen LogP contribution in [0.1, 0.15) is 42.9 Å². The van der Waals surface area contributed by atoms with E-state index in [4.69, 9.17) is 4.74 Å². The normalized spacial score (nSPS) is 21.3. The summed E-state index contributed by atoms with van der Waals surface area (Å²) in [5, 5.41) is 10.4. The fraction of sp³-hybridized carbons (Fsp3) is 0.667. The Morgan fingerprint density at radius 3 is 2.62 bits per heavy atom. The number of nitrogens with one attached hydrogen (secondary N) is 1. The van der Waals surface area contributed by atoms with Crippen molar-refractivity contribution in [3.63, 3.8) is 0 Å². The van der Waals surface area contributed by atoms with Gasteiger partial charge in [-0.15, -0.1) is 0 Å². The monoisotopic (exact) mass is 356 g/mol. The van der Waals surface area contributed by atoms with Crippen LogP contribution in [0.15, 0.2) is 12.1 Å². The van der Waals surface area contributed by atoms with Gasteiger partial charge in [0.15, 0.2) is 9.84 Å². The molecule has 136 valence electrons. The SMILES string of the molecule is COCC[NH+](Cc1cc(C(C)C)c(C)cc1O)[C@@H]1CCS(=O)(=O)C1. The van der Waals surface area contributed by atoms with E-state index in [9.17, 15) is 13.5 Å². The summed E-state index contributed by atoms with van der Waals surface area (Å²) in [6.07, 6.45) is 0.686. The molecule has 0 amide bonds. The molecule has 0 aromatic heterocycles. The summed E-state index contributed by atoms with van der Waals surface area (Å²) in [6.45, 7) is 8.23. The van der Waals surface area contributed by atoms with Crippen LogP contribution in [0.2, 0.25) is 0 Å². The number of rotatable bonds is 7. The van der Waals surface area contributed by atoms with Gasteiger partial charge in [0, 0.05) is 19.1 Å². The molecule has 1 heterocycles. The summed E-state index contributed by atoms with van der Waals surface area (Å²) in [7, 11) is -1.26. The molecule has 1 unspecified atom stereocenters. The predicted octanol–water partition coefficient (Wildman–Crippen LogP) is 1.04. The Bertz CT molecular complexity index is 670. The molecular weight excluding hydrogens is 326 g/mol. The van der Waals surface area contributed by atoms with Crippen LogP contribution < -0.4 is 4.90 Å². The van der Waals surface area contributed by atoms with E-state index < -0.39 is 9.84 Å². The lowest BCUT2D eigenvalue weighted by Crippen LogP contribution is -3.15. The Morgan fingerprint density at radius 2 is 2.08 bits per heavy atom. The molecule has 24 heavy (non-hydrogen) atoms. The molecule has 0 spiro atoms. The topological polar surface area (TPSA) is 68.0 Å². The van der Waals surface area contributed by atoms with Gasteiger partial charge in [-0.1, -0.05) is 13.8 Å². The van der Waals surface area contributed by atoms with Gasteiger partial charge < -0.3 is 14.7 Å². The predicted molar refractivity (Wildman–Crippen MR) is 95.4 cm³/mol.